The molecule has 2 aliphatic rings. The summed E-state index contributed by atoms with van der Waals surface area (Å²) >= 11 is 0. The molecule has 0 saturated heterocycles. The van der Waals surface area contributed by atoms with Crippen LogP contribution in [-0.4, -0.2) is 47.7 Å². The van der Waals surface area contributed by atoms with Gasteiger partial charge in [0.05, 0.1) is 0 Å². The van der Waals surface area contributed by atoms with Crippen LogP contribution in [0.3, 0.4) is 0 Å². The fourth-order valence-corrected chi connectivity index (χ4v) is 3.68. The minimum atomic E-state index is -0.690. The number of carbonyl (C=O) groups is 1. The molecule has 0 bridgehead atoms. The van der Waals surface area contributed by atoms with E-state index in [-0.39, 0.29) is 0 Å². The maximum Gasteiger partial charge on any atom is 0.323 e. The van der Waals surface area contributed by atoms with Gasteiger partial charge in [0.1, 0.15) is 5.54 Å². The molecule has 0 heterocycles. The highest BCUT2D eigenvalue weighted by molar-refractivity contribution is 5.79. The van der Waals surface area contributed by atoms with E-state index in [9.17, 15) is 9.90 Å². The number of hydrogen-bond acceptors (Lipinski definition) is 3. The SMILES string of the molecule is CNC1(C(=O)O)CCC(N(C)C2CCCCC2)C1. The van der Waals surface area contributed by atoms with Crippen molar-refractivity contribution in [1.82, 2.24) is 10.2 Å². The van der Waals surface area contributed by atoms with E-state index < -0.39 is 11.5 Å². The van der Waals surface area contributed by atoms with Crippen molar-refractivity contribution in [2.24, 2.45) is 0 Å². The van der Waals surface area contributed by atoms with Gasteiger partial charge in [0.15, 0.2) is 0 Å². The Morgan fingerprint density at radius 2 is 1.89 bits per heavy atom. The van der Waals surface area contributed by atoms with Crippen molar-refractivity contribution >= 4 is 5.97 Å². The molecule has 0 radical (unpaired) electrons. The Morgan fingerprint density at radius 1 is 1.22 bits per heavy atom. The smallest absolute Gasteiger partial charge is 0.323 e. The summed E-state index contributed by atoms with van der Waals surface area (Å²) in [4.78, 5) is 13.9. The van der Waals surface area contributed by atoms with Crippen LogP contribution in [0.4, 0.5) is 0 Å². The lowest BCUT2D eigenvalue weighted by molar-refractivity contribution is -0.144. The average Bonchev–Trinajstić information content (AvgIpc) is 2.84. The first-order chi connectivity index (χ1) is 8.59. The zero-order valence-corrected chi connectivity index (χ0v) is 11.6. The first-order valence-electron chi connectivity index (χ1n) is 7.23. The standard InChI is InChI=1S/C14H26N2O2/c1-15-14(13(17)18)9-8-12(10-14)16(2)11-6-4-3-5-7-11/h11-12,15H,3-10H2,1-2H3,(H,17,18). The number of carboxylic acid groups (broad SMARTS) is 1. The third-order valence-corrected chi connectivity index (χ3v) is 5.10. The minimum absolute atomic E-state index is 0.427. The number of likely N-dealkylation sites (N-methyl/N-ethyl adjacent to an activating group) is 1. The number of hydrogen-bond donors (Lipinski definition) is 2. The van der Waals surface area contributed by atoms with Crippen molar-refractivity contribution in [3.8, 4) is 0 Å². The molecule has 2 saturated carbocycles. The summed E-state index contributed by atoms with van der Waals surface area (Å²) in [5.41, 5.74) is -0.687. The number of rotatable bonds is 4. The normalized spacial score (nSPS) is 34.1. The third-order valence-electron chi connectivity index (χ3n) is 5.10. The number of nitrogens with one attached hydrogen (secondary N) is 1. The largest absolute Gasteiger partial charge is 0.480 e. The van der Waals surface area contributed by atoms with Crippen LogP contribution in [0.2, 0.25) is 0 Å². The van der Waals surface area contributed by atoms with Crippen LogP contribution < -0.4 is 5.32 Å². The summed E-state index contributed by atoms with van der Waals surface area (Å²) in [7, 11) is 3.96. The maximum atomic E-state index is 11.4. The van der Waals surface area contributed by atoms with Gasteiger partial charge in [0.25, 0.3) is 0 Å². The van der Waals surface area contributed by atoms with Crippen LogP contribution in [-0.2, 0) is 4.79 Å². The van der Waals surface area contributed by atoms with Gasteiger partial charge in [0.2, 0.25) is 0 Å². The summed E-state index contributed by atoms with van der Waals surface area (Å²) in [5, 5.41) is 12.4. The Morgan fingerprint density at radius 3 is 2.39 bits per heavy atom. The highest BCUT2D eigenvalue weighted by Crippen LogP contribution is 2.35. The molecule has 0 aromatic rings. The summed E-state index contributed by atoms with van der Waals surface area (Å²) in [6.07, 6.45) is 9.09. The molecule has 2 N–H and O–H groups in total. The van der Waals surface area contributed by atoms with Crippen LogP contribution >= 0.6 is 0 Å². The minimum Gasteiger partial charge on any atom is -0.480 e. The predicted molar refractivity (Wildman–Crippen MR) is 71.7 cm³/mol. The van der Waals surface area contributed by atoms with E-state index in [1.165, 1.54) is 32.1 Å². The van der Waals surface area contributed by atoms with E-state index in [4.69, 9.17) is 0 Å². The molecule has 0 aliphatic heterocycles. The summed E-state index contributed by atoms with van der Waals surface area (Å²) in [5.74, 6) is -0.690. The fourth-order valence-electron chi connectivity index (χ4n) is 3.68. The maximum absolute atomic E-state index is 11.4. The Labute approximate surface area is 110 Å². The lowest BCUT2D eigenvalue weighted by Crippen LogP contribution is -2.50. The Kier molecular flexibility index (Phi) is 4.28. The zero-order chi connectivity index (χ0) is 13.2. The van der Waals surface area contributed by atoms with E-state index in [1.54, 1.807) is 7.05 Å². The molecule has 2 atom stereocenters. The molecule has 18 heavy (non-hydrogen) atoms. The van der Waals surface area contributed by atoms with Crippen molar-refractivity contribution in [2.45, 2.75) is 69.0 Å². The average molecular weight is 254 g/mol. The van der Waals surface area contributed by atoms with Gasteiger partial charge >= 0.3 is 5.97 Å². The molecule has 2 rings (SSSR count). The molecule has 2 fully saturated rings. The molecule has 0 aromatic heterocycles. The Bertz CT molecular complexity index is 302. The first kappa shape index (κ1) is 13.8. The molecule has 0 spiro atoms. The van der Waals surface area contributed by atoms with Crippen LogP contribution in [0.1, 0.15) is 51.4 Å². The molecule has 0 amide bonds. The molecular formula is C14H26N2O2. The van der Waals surface area contributed by atoms with E-state index in [0.29, 0.717) is 12.1 Å². The van der Waals surface area contributed by atoms with E-state index in [0.717, 1.165) is 19.3 Å². The quantitative estimate of drug-likeness (QED) is 0.804. The first-order valence-corrected chi connectivity index (χ1v) is 7.23. The second-order valence-corrected chi connectivity index (χ2v) is 5.99. The van der Waals surface area contributed by atoms with Gasteiger partial charge in [-0.3, -0.25) is 4.79 Å². The fraction of sp³-hybridized carbons (Fsp3) is 0.929. The van der Waals surface area contributed by atoms with Crippen molar-refractivity contribution in [3.63, 3.8) is 0 Å². The van der Waals surface area contributed by atoms with Gasteiger partial charge < -0.3 is 15.3 Å². The molecule has 2 unspecified atom stereocenters. The zero-order valence-electron chi connectivity index (χ0n) is 11.6. The molecule has 0 aromatic carbocycles. The second kappa shape index (κ2) is 5.57. The molecule has 4 heteroatoms. The van der Waals surface area contributed by atoms with E-state index >= 15 is 0 Å². The molecular weight excluding hydrogens is 228 g/mol. The van der Waals surface area contributed by atoms with Crippen molar-refractivity contribution in [1.29, 1.82) is 0 Å². The molecule has 104 valence electrons. The van der Waals surface area contributed by atoms with Crippen LogP contribution in [0, 0.1) is 0 Å². The molecule has 4 nitrogen and oxygen atoms in total. The molecule has 2 aliphatic carbocycles. The van der Waals surface area contributed by atoms with Crippen LogP contribution in [0.5, 0.6) is 0 Å². The Balaban J connectivity index is 1.96. The monoisotopic (exact) mass is 254 g/mol. The Hall–Kier alpha value is -0.610. The topological polar surface area (TPSA) is 52.6 Å². The van der Waals surface area contributed by atoms with Gasteiger partial charge in [0, 0.05) is 12.1 Å². The third kappa shape index (κ3) is 2.54. The predicted octanol–water partition coefficient (Wildman–Crippen LogP) is 1.85. The van der Waals surface area contributed by atoms with Crippen LogP contribution in [0.15, 0.2) is 0 Å². The number of aliphatic carboxylic acids is 1. The van der Waals surface area contributed by atoms with Crippen molar-refractivity contribution < 1.29 is 9.90 Å². The van der Waals surface area contributed by atoms with Gasteiger partial charge in [-0.25, -0.2) is 0 Å². The highest BCUT2D eigenvalue weighted by atomic mass is 16.4. The van der Waals surface area contributed by atoms with Gasteiger partial charge in [-0.15, -0.1) is 0 Å². The summed E-state index contributed by atoms with van der Waals surface area (Å²) < 4.78 is 0. The second-order valence-electron chi connectivity index (χ2n) is 5.99. The van der Waals surface area contributed by atoms with Crippen molar-refractivity contribution in [3.05, 3.63) is 0 Å². The lowest BCUT2D eigenvalue weighted by atomic mass is 9.92. The van der Waals surface area contributed by atoms with Gasteiger partial charge in [-0.05, 0) is 46.2 Å². The lowest BCUT2D eigenvalue weighted by Gasteiger charge is -2.36. The number of carboxylic acids is 1. The number of nitrogens with zero attached hydrogens (tertiary/aromatic N) is 1. The summed E-state index contributed by atoms with van der Waals surface area (Å²) in [6, 6.07) is 1.10. The summed E-state index contributed by atoms with van der Waals surface area (Å²) in [6.45, 7) is 0. The van der Waals surface area contributed by atoms with Crippen LogP contribution in [0.25, 0.3) is 0 Å². The van der Waals surface area contributed by atoms with Crippen molar-refractivity contribution in [2.75, 3.05) is 14.1 Å². The highest BCUT2D eigenvalue weighted by Gasteiger charge is 2.46. The van der Waals surface area contributed by atoms with Gasteiger partial charge in [-0.2, -0.15) is 0 Å². The van der Waals surface area contributed by atoms with E-state index in [2.05, 4.69) is 17.3 Å². The van der Waals surface area contributed by atoms with E-state index in [1.807, 2.05) is 0 Å². The van der Waals surface area contributed by atoms with Gasteiger partial charge in [-0.1, -0.05) is 19.3 Å².